The van der Waals surface area contributed by atoms with E-state index in [2.05, 4.69) is 22.3 Å². The van der Waals surface area contributed by atoms with Crippen LogP contribution in [0.15, 0.2) is 48.5 Å². The minimum atomic E-state index is 0.101. The van der Waals surface area contributed by atoms with Crippen LogP contribution in [0.1, 0.15) is 24.0 Å². The highest BCUT2D eigenvalue weighted by atomic mass is 35.5. The normalized spacial score (nSPS) is 15.8. The Morgan fingerprint density at radius 2 is 1.65 bits per heavy atom. The quantitative estimate of drug-likeness (QED) is 0.783. The summed E-state index contributed by atoms with van der Waals surface area (Å²) < 4.78 is 0. The fourth-order valence-corrected chi connectivity index (χ4v) is 3.90. The van der Waals surface area contributed by atoms with Crippen molar-refractivity contribution in [1.29, 1.82) is 0 Å². The van der Waals surface area contributed by atoms with Crippen molar-refractivity contribution >= 4 is 29.1 Å². The van der Waals surface area contributed by atoms with Crippen LogP contribution in [0, 0.1) is 5.92 Å². The average molecular weight is 391 g/mol. The molecule has 5 heteroatoms. The Balaban J connectivity index is 1.42. The molecule has 0 spiro atoms. The predicted molar refractivity (Wildman–Crippen MR) is 108 cm³/mol. The number of piperidine rings is 1. The molecule has 0 aromatic heterocycles. The van der Waals surface area contributed by atoms with E-state index in [9.17, 15) is 4.79 Å². The van der Waals surface area contributed by atoms with Crippen molar-refractivity contribution in [2.75, 3.05) is 19.6 Å². The van der Waals surface area contributed by atoms with Gasteiger partial charge in [-0.05, 0) is 50.0 Å². The Kier molecular flexibility index (Phi) is 6.95. The molecule has 0 bridgehead atoms. The van der Waals surface area contributed by atoms with Crippen molar-refractivity contribution < 1.29 is 4.79 Å². The molecule has 1 aliphatic heterocycles. The van der Waals surface area contributed by atoms with E-state index in [4.69, 9.17) is 23.2 Å². The van der Waals surface area contributed by atoms with E-state index in [0.29, 0.717) is 16.6 Å². The highest BCUT2D eigenvalue weighted by molar-refractivity contribution is 6.35. The standard InChI is InChI=1S/C21H24Cl2N2O/c22-19-7-4-8-20(23)18(19)15-25-13-10-17(11-14-25)21(26)24-12-9-16-5-2-1-3-6-16/h1-8,17H,9-15H2,(H,24,26). The Bertz CT molecular complexity index is 708. The van der Waals surface area contributed by atoms with Crippen LogP contribution in [-0.4, -0.2) is 30.4 Å². The molecule has 1 N–H and O–H groups in total. The van der Waals surface area contributed by atoms with E-state index in [1.165, 1.54) is 5.56 Å². The number of carbonyl (C=O) groups is 1. The molecule has 0 radical (unpaired) electrons. The Morgan fingerprint density at radius 1 is 1.00 bits per heavy atom. The van der Waals surface area contributed by atoms with E-state index in [-0.39, 0.29) is 11.8 Å². The van der Waals surface area contributed by atoms with Crippen LogP contribution in [0.2, 0.25) is 10.0 Å². The van der Waals surface area contributed by atoms with Crippen LogP contribution < -0.4 is 5.32 Å². The molecular formula is C21H24Cl2N2O. The summed E-state index contributed by atoms with van der Waals surface area (Å²) in [7, 11) is 0. The lowest BCUT2D eigenvalue weighted by Crippen LogP contribution is -2.40. The highest BCUT2D eigenvalue weighted by Crippen LogP contribution is 2.27. The second-order valence-corrected chi connectivity index (χ2v) is 7.59. The largest absolute Gasteiger partial charge is 0.356 e. The molecule has 1 aliphatic rings. The number of halogens is 2. The number of benzene rings is 2. The SMILES string of the molecule is O=C(NCCc1ccccc1)C1CCN(Cc2c(Cl)cccc2Cl)CC1. The van der Waals surface area contributed by atoms with Gasteiger partial charge in [0.2, 0.25) is 5.91 Å². The number of hydrogen-bond donors (Lipinski definition) is 1. The molecular weight excluding hydrogens is 367 g/mol. The summed E-state index contributed by atoms with van der Waals surface area (Å²) in [6, 6.07) is 15.8. The molecule has 0 aliphatic carbocycles. The molecule has 138 valence electrons. The van der Waals surface area contributed by atoms with Gasteiger partial charge in [0.1, 0.15) is 0 Å². The highest BCUT2D eigenvalue weighted by Gasteiger charge is 2.25. The maximum absolute atomic E-state index is 12.4. The second kappa shape index (κ2) is 9.40. The first kappa shape index (κ1) is 19.2. The Hall–Kier alpha value is -1.55. The lowest BCUT2D eigenvalue weighted by Gasteiger charge is -2.31. The molecule has 1 fully saturated rings. The number of amides is 1. The molecule has 3 rings (SSSR count). The van der Waals surface area contributed by atoms with Crippen molar-refractivity contribution in [2.45, 2.75) is 25.8 Å². The summed E-state index contributed by atoms with van der Waals surface area (Å²) in [5.41, 5.74) is 2.22. The topological polar surface area (TPSA) is 32.3 Å². The molecule has 1 saturated heterocycles. The van der Waals surface area contributed by atoms with Gasteiger partial charge in [-0.3, -0.25) is 9.69 Å². The maximum Gasteiger partial charge on any atom is 0.223 e. The van der Waals surface area contributed by atoms with Crippen molar-refractivity contribution in [3.8, 4) is 0 Å². The zero-order valence-corrected chi connectivity index (χ0v) is 16.3. The molecule has 2 aromatic carbocycles. The summed E-state index contributed by atoms with van der Waals surface area (Å²) in [5, 5.41) is 4.50. The average Bonchev–Trinajstić information content (AvgIpc) is 2.66. The number of rotatable bonds is 6. The molecule has 0 atom stereocenters. The van der Waals surface area contributed by atoms with Crippen LogP contribution in [0.5, 0.6) is 0 Å². The minimum Gasteiger partial charge on any atom is -0.356 e. The summed E-state index contributed by atoms with van der Waals surface area (Å²) >= 11 is 12.5. The first-order valence-corrected chi connectivity index (χ1v) is 9.86. The van der Waals surface area contributed by atoms with E-state index in [1.54, 1.807) is 0 Å². The second-order valence-electron chi connectivity index (χ2n) is 6.78. The lowest BCUT2D eigenvalue weighted by atomic mass is 9.95. The van der Waals surface area contributed by atoms with E-state index < -0.39 is 0 Å². The third-order valence-corrected chi connectivity index (χ3v) is 5.67. The molecule has 0 unspecified atom stereocenters. The van der Waals surface area contributed by atoms with Gasteiger partial charge in [-0.25, -0.2) is 0 Å². The molecule has 2 aromatic rings. The van der Waals surface area contributed by atoms with E-state index in [0.717, 1.165) is 44.5 Å². The van der Waals surface area contributed by atoms with Crippen LogP contribution in [-0.2, 0) is 17.8 Å². The molecule has 26 heavy (non-hydrogen) atoms. The zero-order valence-electron chi connectivity index (χ0n) is 14.8. The maximum atomic E-state index is 12.4. The van der Waals surface area contributed by atoms with Crippen molar-refractivity contribution in [2.24, 2.45) is 5.92 Å². The first-order valence-electron chi connectivity index (χ1n) is 9.10. The van der Waals surface area contributed by atoms with Gasteiger partial charge in [0.05, 0.1) is 0 Å². The first-order chi connectivity index (χ1) is 12.6. The summed E-state index contributed by atoms with van der Waals surface area (Å²) in [4.78, 5) is 14.7. The molecule has 1 amide bonds. The number of likely N-dealkylation sites (tertiary alicyclic amines) is 1. The number of nitrogens with one attached hydrogen (secondary N) is 1. The van der Waals surface area contributed by atoms with Gasteiger partial charge in [-0.2, -0.15) is 0 Å². The smallest absolute Gasteiger partial charge is 0.223 e. The van der Waals surface area contributed by atoms with Gasteiger partial charge < -0.3 is 5.32 Å². The van der Waals surface area contributed by atoms with Gasteiger partial charge in [0, 0.05) is 34.6 Å². The van der Waals surface area contributed by atoms with Gasteiger partial charge in [-0.15, -0.1) is 0 Å². The molecule has 0 saturated carbocycles. The predicted octanol–water partition coefficient (Wildman–Crippen LogP) is 4.56. The molecule has 3 nitrogen and oxygen atoms in total. The third-order valence-electron chi connectivity index (χ3n) is 4.96. The van der Waals surface area contributed by atoms with E-state index in [1.807, 2.05) is 36.4 Å². The Labute approximate surface area is 165 Å². The fraction of sp³-hybridized carbons (Fsp3) is 0.381. The van der Waals surface area contributed by atoms with Gasteiger partial charge in [0.25, 0.3) is 0 Å². The summed E-state index contributed by atoms with van der Waals surface area (Å²) in [6.07, 6.45) is 2.62. The van der Waals surface area contributed by atoms with Crippen LogP contribution >= 0.6 is 23.2 Å². The number of nitrogens with zero attached hydrogens (tertiary/aromatic N) is 1. The molecule has 1 heterocycles. The van der Waals surface area contributed by atoms with Crippen molar-refractivity contribution in [3.63, 3.8) is 0 Å². The van der Waals surface area contributed by atoms with Crippen LogP contribution in [0.4, 0.5) is 0 Å². The van der Waals surface area contributed by atoms with Crippen molar-refractivity contribution in [1.82, 2.24) is 10.2 Å². The monoisotopic (exact) mass is 390 g/mol. The number of carbonyl (C=O) groups excluding carboxylic acids is 1. The van der Waals surface area contributed by atoms with Crippen molar-refractivity contribution in [3.05, 3.63) is 69.7 Å². The van der Waals surface area contributed by atoms with E-state index >= 15 is 0 Å². The summed E-state index contributed by atoms with van der Waals surface area (Å²) in [5.74, 6) is 0.278. The third kappa shape index (κ3) is 5.23. The fourth-order valence-electron chi connectivity index (χ4n) is 3.38. The van der Waals surface area contributed by atoms with Gasteiger partial charge >= 0.3 is 0 Å². The Morgan fingerprint density at radius 3 is 2.31 bits per heavy atom. The van der Waals surface area contributed by atoms with Crippen LogP contribution in [0.25, 0.3) is 0 Å². The lowest BCUT2D eigenvalue weighted by molar-refractivity contribution is -0.126. The zero-order chi connectivity index (χ0) is 18.4. The number of hydrogen-bond acceptors (Lipinski definition) is 2. The summed E-state index contributed by atoms with van der Waals surface area (Å²) in [6.45, 7) is 3.20. The van der Waals surface area contributed by atoms with Gasteiger partial charge in [-0.1, -0.05) is 59.6 Å². The minimum absolute atomic E-state index is 0.101. The van der Waals surface area contributed by atoms with Gasteiger partial charge in [0.15, 0.2) is 0 Å². The van der Waals surface area contributed by atoms with Crippen LogP contribution in [0.3, 0.4) is 0 Å².